The minimum Gasteiger partial charge on any atom is -0.342 e. The Balaban J connectivity index is 1.66. The Morgan fingerprint density at radius 2 is 1.75 bits per heavy atom. The van der Waals surface area contributed by atoms with E-state index in [-0.39, 0.29) is 11.8 Å². The van der Waals surface area contributed by atoms with E-state index in [2.05, 4.69) is 5.32 Å². The van der Waals surface area contributed by atoms with Crippen LogP contribution in [0.1, 0.15) is 12.8 Å². The first-order valence-electron chi connectivity index (χ1n) is 7.71. The van der Waals surface area contributed by atoms with Crippen molar-refractivity contribution in [3.63, 3.8) is 0 Å². The maximum Gasteiger partial charge on any atom is 0.240 e. The summed E-state index contributed by atoms with van der Waals surface area (Å²) < 4.78 is 0. The summed E-state index contributed by atoms with van der Waals surface area (Å²) in [7, 11) is 0. The van der Waals surface area contributed by atoms with Crippen molar-refractivity contribution < 1.29 is 14.4 Å². The van der Waals surface area contributed by atoms with E-state index >= 15 is 0 Å². The second kappa shape index (κ2) is 6.61. The SMILES string of the molecule is O=CN1CCN(C(=O)C2(C(=O)Nc3ccc(Cl)c(Cl)c3)CC2)CC1. The van der Waals surface area contributed by atoms with Gasteiger partial charge in [0.1, 0.15) is 5.41 Å². The monoisotopic (exact) mass is 369 g/mol. The predicted octanol–water partition coefficient (Wildman–Crippen LogP) is 2.01. The van der Waals surface area contributed by atoms with Crippen LogP contribution < -0.4 is 5.32 Å². The molecule has 1 saturated heterocycles. The van der Waals surface area contributed by atoms with Gasteiger partial charge in [0, 0.05) is 31.9 Å². The smallest absolute Gasteiger partial charge is 0.240 e. The quantitative estimate of drug-likeness (QED) is 0.651. The molecule has 0 bridgehead atoms. The number of carbonyl (C=O) groups excluding carboxylic acids is 3. The Hall–Kier alpha value is -1.79. The number of hydrogen-bond donors (Lipinski definition) is 1. The molecule has 0 unspecified atom stereocenters. The van der Waals surface area contributed by atoms with Crippen LogP contribution in [0.25, 0.3) is 0 Å². The molecule has 2 fully saturated rings. The van der Waals surface area contributed by atoms with Crippen LogP contribution in [0, 0.1) is 5.41 Å². The first-order valence-corrected chi connectivity index (χ1v) is 8.47. The van der Waals surface area contributed by atoms with Gasteiger partial charge in [-0.3, -0.25) is 14.4 Å². The first-order chi connectivity index (χ1) is 11.5. The van der Waals surface area contributed by atoms with Gasteiger partial charge in [0.15, 0.2) is 0 Å². The van der Waals surface area contributed by atoms with Crippen molar-refractivity contribution >= 4 is 47.1 Å². The van der Waals surface area contributed by atoms with E-state index in [9.17, 15) is 14.4 Å². The molecule has 3 amide bonds. The summed E-state index contributed by atoms with van der Waals surface area (Å²) in [4.78, 5) is 39.4. The molecule has 1 aromatic carbocycles. The minimum absolute atomic E-state index is 0.161. The Morgan fingerprint density at radius 3 is 2.29 bits per heavy atom. The van der Waals surface area contributed by atoms with Gasteiger partial charge in [0.2, 0.25) is 18.2 Å². The van der Waals surface area contributed by atoms with Gasteiger partial charge >= 0.3 is 0 Å². The van der Waals surface area contributed by atoms with E-state index in [1.54, 1.807) is 28.0 Å². The molecule has 0 atom stereocenters. The molecule has 0 radical (unpaired) electrons. The normalized spacial score (nSPS) is 18.9. The number of halogens is 2. The maximum atomic E-state index is 12.7. The first kappa shape index (κ1) is 17.0. The number of rotatable bonds is 4. The zero-order valence-corrected chi connectivity index (χ0v) is 14.4. The highest BCUT2D eigenvalue weighted by molar-refractivity contribution is 6.42. The molecular weight excluding hydrogens is 353 g/mol. The molecule has 1 saturated carbocycles. The molecule has 8 heteroatoms. The predicted molar refractivity (Wildman–Crippen MR) is 91.0 cm³/mol. The van der Waals surface area contributed by atoms with Crippen molar-refractivity contribution in [3.05, 3.63) is 28.2 Å². The van der Waals surface area contributed by atoms with E-state index in [4.69, 9.17) is 23.2 Å². The van der Waals surface area contributed by atoms with E-state index in [0.717, 1.165) is 6.41 Å². The third-order valence-electron chi connectivity index (χ3n) is 4.52. The van der Waals surface area contributed by atoms with Crippen LogP contribution in [-0.2, 0) is 14.4 Å². The molecular formula is C16H17Cl2N3O3. The number of benzene rings is 1. The van der Waals surface area contributed by atoms with Crippen LogP contribution in [0.2, 0.25) is 10.0 Å². The third-order valence-corrected chi connectivity index (χ3v) is 5.26. The van der Waals surface area contributed by atoms with Crippen LogP contribution in [-0.4, -0.2) is 54.2 Å². The second-order valence-electron chi connectivity index (χ2n) is 6.10. The summed E-state index contributed by atoms with van der Waals surface area (Å²) in [5.41, 5.74) is -0.477. The van der Waals surface area contributed by atoms with Gasteiger partial charge in [-0.05, 0) is 31.0 Å². The zero-order chi connectivity index (χ0) is 17.3. The number of anilines is 1. The molecule has 2 aliphatic rings. The van der Waals surface area contributed by atoms with Crippen LogP contribution in [0.4, 0.5) is 5.69 Å². The molecule has 3 rings (SSSR count). The zero-order valence-electron chi connectivity index (χ0n) is 12.9. The molecule has 1 aromatic rings. The molecule has 1 aliphatic carbocycles. The average Bonchev–Trinajstić information content (AvgIpc) is 3.39. The highest BCUT2D eigenvalue weighted by Crippen LogP contribution is 2.48. The maximum absolute atomic E-state index is 12.7. The number of piperazine rings is 1. The number of amides is 3. The van der Waals surface area contributed by atoms with Crippen LogP contribution in [0.5, 0.6) is 0 Å². The number of nitrogens with zero attached hydrogens (tertiary/aromatic N) is 2. The van der Waals surface area contributed by atoms with Crippen molar-refractivity contribution in [3.8, 4) is 0 Å². The molecule has 1 aliphatic heterocycles. The highest BCUT2D eigenvalue weighted by atomic mass is 35.5. The molecule has 128 valence electrons. The Labute approximate surface area is 149 Å². The number of hydrogen-bond acceptors (Lipinski definition) is 3. The third kappa shape index (κ3) is 3.21. The Kier molecular flexibility index (Phi) is 4.69. The summed E-state index contributed by atoms with van der Waals surface area (Å²) in [6.45, 7) is 1.91. The Bertz CT molecular complexity index is 683. The lowest BCUT2D eigenvalue weighted by molar-refractivity contribution is -0.144. The molecule has 1 N–H and O–H groups in total. The molecule has 24 heavy (non-hydrogen) atoms. The largest absolute Gasteiger partial charge is 0.342 e. The van der Waals surface area contributed by atoms with Gasteiger partial charge < -0.3 is 15.1 Å². The van der Waals surface area contributed by atoms with Crippen molar-refractivity contribution in [2.45, 2.75) is 12.8 Å². The topological polar surface area (TPSA) is 69.7 Å². The summed E-state index contributed by atoms with van der Waals surface area (Å²) in [6, 6.07) is 4.81. The van der Waals surface area contributed by atoms with E-state index in [1.807, 2.05) is 0 Å². The second-order valence-corrected chi connectivity index (χ2v) is 6.91. The molecule has 0 spiro atoms. The summed E-state index contributed by atoms with van der Waals surface area (Å²) in [5, 5.41) is 3.50. The fourth-order valence-corrected chi connectivity index (χ4v) is 3.12. The van der Waals surface area contributed by atoms with Crippen molar-refractivity contribution in [1.29, 1.82) is 0 Å². The lowest BCUT2D eigenvalue weighted by Gasteiger charge is -2.34. The van der Waals surface area contributed by atoms with Crippen molar-refractivity contribution in [1.82, 2.24) is 9.80 Å². The van der Waals surface area contributed by atoms with Gasteiger partial charge in [-0.2, -0.15) is 0 Å². The lowest BCUT2D eigenvalue weighted by atomic mass is 10.0. The standard InChI is InChI=1S/C16H17Cl2N3O3/c17-12-2-1-11(9-13(12)18)19-14(23)16(3-4-16)15(24)21-7-5-20(10-22)6-8-21/h1-2,9-10H,3-8H2,(H,19,23). The van der Waals surface area contributed by atoms with E-state index < -0.39 is 5.41 Å². The van der Waals surface area contributed by atoms with E-state index in [1.165, 1.54) is 0 Å². The number of carbonyl (C=O) groups is 3. The summed E-state index contributed by atoms with van der Waals surface area (Å²) >= 11 is 11.8. The van der Waals surface area contributed by atoms with Gasteiger partial charge in [-0.1, -0.05) is 23.2 Å². The van der Waals surface area contributed by atoms with Gasteiger partial charge in [-0.25, -0.2) is 0 Å². The van der Waals surface area contributed by atoms with Crippen LogP contribution >= 0.6 is 23.2 Å². The van der Waals surface area contributed by atoms with Gasteiger partial charge in [0.25, 0.3) is 0 Å². The lowest BCUT2D eigenvalue weighted by Crippen LogP contribution is -2.52. The Morgan fingerprint density at radius 1 is 1.08 bits per heavy atom. The number of nitrogens with one attached hydrogen (secondary N) is 1. The summed E-state index contributed by atoms with van der Waals surface area (Å²) in [6.07, 6.45) is 1.85. The van der Waals surface area contributed by atoms with Crippen LogP contribution in [0.3, 0.4) is 0 Å². The summed E-state index contributed by atoms with van der Waals surface area (Å²) in [5.74, 6) is -0.477. The van der Waals surface area contributed by atoms with Crippen molar-refractivity contribution in [2.75, 3.05) is 31.5 Å². The van der Waals surface area contributed by atoms with E-state index in [0.29, 0.717) is 54.8 Å². The molecule has 0 aromatic heterocycles. The fourth-order valence-electron chi connectivity index (χ4n) is 2.82. The van der Waals surface area contributed by atoms with Crippen molar-refractivity contribution in [2.24, 2.45) is 5.41 Å². The fraction of sp³-hybridized carbons (Fsp3) is 0.438. The van der Waals surface area contributed by atoms with Crippen LogP contribution in [0.15, 0.2) is 18.2 Å². The molecule has 1 heterocycles. The van der Waals surface area contributed by atoms with Gasteiger partial charge in [0.05, 0.1) is 10.0 Å². The van der Waals surface area contributed by atoms with Gasteiger partial charge in [-0.15, -0.1) is 0 Å². The molecule has 6 nitrogen and oxygen atoms in total. The average molecular weight is 370 g/mol. The minimum atomic E-state index is -0.991. The highest BCUT2D eigenvalue weighted by Gasteiger charge is 2.58.